The van der Waals surface area contributed by atoms with E-state index in [9.17, 15) is 4.79 Å². The van der Waals surface area contributed by atoms with E-state index in [1.807, 2.05) is 6.07 Å². The molecule has 3 N–H and O–H groups in total. The number of hydrogen-bond acceptors (Lipinski definition) is 6. The van der Waals surface area contributed by atoms with Gasteiger partial charge in [-0.2, -0.15) is 5.26 Å². The van der Waals surface area contributed by atoms with E-state index in [0.29, 0.717) is 17.0 Å². The molecule has 0 fully saturated rings. The summed E-state index contributed by atoms with van der Waals surface area (Å²) < 4.78 is 5.12. The topological polar surface area (TPSA) is 114 Å². The summed E-state index contributed by atoms with van der Waals surface area (Å²) in [5.74, 6) is 0.107. The van der Waals surface area contributed by atoms with Crippen LogP contribution >= 0.6 is 0 Å². The summed E-state index contributed by atoms with van der Waals surface area (Å²) in [6, 6.07) is 6.87. The van der Waals surface area contributed by atoms with Gasteiger partial charge in [0, 0.05) is 0 Å². The lowest BCUT2D eigenvalue weighted by Crippen LogP contribution is -2.15. The number of ether oxygens (including phenoxy) is 1. The third kappa shape index (κ3) is 2.64. The number of nitrogens with zero attached hydrogens (tertiary/aromatic N) is 3. The molecule has 1 aromatic carbocycles. The van der Waals surface area contributed by atoms with Gasteiger partial charge >= 0.3 is 0 Å². The average Bonchev–Trinajstić information content (AvgIpc) is 2.48. The maximum atomic E-state index is 12.0. The van der Waals surface area contributed by atoms with Gasteiger partial charge in [-0.15, -0.1) is 0 Å². The molecule has 2 rings (SSSR count). The molecule has 0 atom stereocenters. The van der Waals surface area contributed by atoms with Crippen LogP contribution in [-0.2, 0) is 0 Å². The van der Waals surface area contributed by atoms with E-state index in [2.05, 4.69) is 15.3 Å². The maximum absolute atomic E-state index is 12.0. The minimum atomic E-state index is -0.501. The van der Waals surface area contributed by atoms with Gasteiger partial charge in [0.15, 0.2) is 0 Å². The lowest BCUT2D eigenvalue weighted by molar-refractivity contribution is 0.102. The Morgan fingerprint density at radius 1 is 1.40 bits per heavy atom. The third-order valence-corrected chi connectivity index (χ3v) is 2.51. The van der Waals surface area contributed by atoms with E-state index in [0.717, 1.165) is 0 Å². The van der Waals surface area contributed by atoms with Gasteiger partial charge in [0.05, 0.1) is 25.1 Å². The number of para-hydroxylation sites is 1. The molecule has 20 heavy (non-hydrogen) atoms. The highest BCUT2D eigenvalue weighted by Crippen LogP contribution is 2.28. The highest BCUT2D eigenvalue weighted by molar-refractivity contribution is 6.04. The second-order valence-electron chi connectivity index (χ2n) is 3.78. The maximum Gasteiger partial charge on any atom is 0.275 e. The molecule has 1 amide bonds. The van der Waals surface area contributed by atoms with Crippen molar-refractivity contribution in [3.05, 3.63) is 41.9 Å². The predicted molar refractivity (Wildman–Crippen MR) is 72.1 cm³/mol. The number of carbonyl (C=O) groups is 1. The second kappa shape index (κ2) is 5.67. The third-order valence-electron chi connectivity index (χ3n) is 2.51. The van der Waals surface area contributed by atoms with E-state index >= 15 is 0 Å². The molecule has 0 saturated heterocycles. The second-order valence-corrected chi connectivity index (χ2v) is 3.78. The summed E-state index contributed by atoms with van der Waals surface area (Å²) in [5.41, 5.74) is 6.08. The minimum absolute atomic E-state index is 0.0917. The number of aromatic nitrogens is 2. The van der Waals surface area contributed by atoms with Crippen LogP contribution in [0.4, 0.5) is 11.5 Å². The predicted octanol–water partition coefficient (Wildman–Crippen LogP) is 1.19. The molecule has 0 aliphatic carbocycles. The molecule has 2 aromatic rings. The number of carbonyl (C=O) groups excluding carboxylic acids is 1. The summed E-state index contributed by atoms with van der Waals surface area (Å²) in [7, 11) is 1.45. The van der Waals surface area contributed by atoms with Gasteiger partial charge in [-0.1, -0.05) is 6.07 Å². The summed E-state index contributed by atoms with van der Waals surface area (Å²) in [6.45, 7) is 0. The number of amides is 1. The first-order valence-electron chi connectivity index (χ1n) is 5.61. The zero-order valence-electron chi connectivity index (χ0n) is 10.6. The summed E-state index contributed by atoms with van der Waals surface area (Å²) in [5, 5.41) is 11.6. The van der Waals surface area contributed by atoms with Crippen molar-refractivity contribution in [2.75, 3.05) is 18.2 Å². The smallest absolute Gasteiger partial charge is 0.275 e. The van der Waals surface area contributed by atoms with E-state index in [1.54, 1.807) is 18.2 Å². The van der Waals surface area contributed by atoms with Crippen molar-refractivity contribution in [3.63, 3.8) is 0 Å². The standard InChI is InChI=1S/C13H11N5O2/c1-20-10-4-2-3-8(5-14)12(10)18-13(19)9-6-17-11(15)7-16-9/h2-4,6-7H,1H3,(H2,15,17)(H,18,19). The van der Waals surface area contributed by atoms with Crippen LogP contribution < -0.4 is 15.8 Å². The number of anilines is 2. The Balaban J connectivity index is 2.32. The molecule has 0 saturated carbocycles. The molecule has 0 aliphatic heterocycles. The fourth-order valence-corrected chi connectivity index (χ4v) is 1.56. The number of rotatable bonds is 3. The number of hydrogen-bond donors (Lipinski definition) is 2. The molecule has 0 bridgehead atoms. The summed E-state index contributed by atoms with van der Waals surface area (Å²) in [4.78, 5) is 19.7. The lowest BCUT2D eigenvalue weighted by Gasteiger charge is -2.11. The molecule has 7 heteroatoms. The van der Waals surface area contributed by atoms with Crippen LogP contribution in [-0.4, -0.2) is 23.0 Å². The van der Waals surface area contributed by atoms with E-state index in [-0.39, 0.29) is 11.5 Å². The fraction of sp³-hybridized carbons (Fsp3) is 0.0769. The Labute approximate surface area is 115 Å². The van der Waals surface area contributed by atoms with Crippen molar-refractivity contribution in [1.29, 1.82) is 5.26 Å². The Hall–Kier alpha value is -3.14. The Kier molecular flexibility index (Phi) is 3.77. The largest absolute Gasteiger partial charge is 0.495 e. The number of nitrogens with one attached hydrogen (secondary N) is 1. The molecular weight excluding hydrogens is 258 g/mol. The monoisotopic (exact) mass is 269 g/mol. The SMILES string of the molecule is COc1cccc(C#N)c1NC(=O)c1cnc(N)cn1. The van der Waals surface area contributed by atoms with Gasteiger partial charge in [-0.05, 0) is 12.1 Å². The number of nitriles is 1. The normalized spacial score (nSPS) is 9.60. The molecule has 0 radical (unpaired) electrons. The zero-order chi connectivity index (χ0) is 14.5. The Morgan fingerprint density at radius 2 is 2.20 bits per heavy atom. The molecule has 7 nitrogen and oxygen atoms in total. The van der Waals surface area contributed by atoms with E-state index < -0.39 is 5.91 Å². The van der Waals surface area contributed by atoms with Crippen LogP contribution in [0.5, 0.6) is 5.75 Å². The molecular formula is C13H11N5O2. The van der Waals surface area contributed by atoms with Gasteiger partial charge in [0.2, 0.25) is 0 Å². The van der Waals surface area contributed by atoms with Crippen LogP contribution in [0.2, 0.25) is 0 Å². The summed E-state index contributed by atoms with van der Waals surface area (Å²) in [6.07, 6.45) is 2.54. The molecule has 0 spiro atoms. The first-order valence-corrected chi connectivity index (χ1v) is 5.61. The van der Waals surface area contributed by atoms with Crippen molar-refractivity contribution in [1.82, 2.24) is 9.97 Å². The van der Waals surface area contributed by atoms with Crippen LogP contribution in [0.1, 0.15) is 16.1 Å². The number of nitrogen functional groups attached to an aromatic ring is 1. The zero-order valence-corrected chi connectivity index (χ0v) is 10.6. The van der Waals surface area contributed by atoms with Gasteiger partial charge in [-0.25, -0.2) is 9.97 Å². The highest BCUT2D eigenvalue weighted by atomic mass is 16.5. The first kappa shape index (κ1) is 13.3. The van der Waals surface area contributed by atoms with Crippen molar-refractivity contribution in [3.8, 4) is 11.8 Å². The molecule has 0 unspecified atom stereocenters. The highest BCUT2D eigenvalue weighted by Gasteiger charge is 2.14. The van der Waals surface area contributed by atoms with Crippen LogP contribution in [0.3, 0.4) is 0 Å². The van der Waals surface area contributed by atoms with Crippen molar-refractivity contribution in [2.45, 2.75) is 0 Å². The van der Waals surface area contributed by atoms with Gasteiger partial charge in [0.25, 0.3) is 5.91 Å². The Morgan fingerprint density at radius 3 is 2.80 bits per heavy atom. The van der Waals surface area contributed by atoms with E-state index in [4.69, 9.17) is 15.7 Å². The summed E-state index contributed by atoms with van der Waals surface area (Å²) >= 11 is 0. The quantitative estimate of drug-likeness (QED) is 0.865. The van der Waals surface area contributed by atoms with Crippen LogP contribution in [0.15, 0.2) is 30.6 Å². The van der Waals surface area contributed by atoms with Gasteiger partial charge in [0.1, 0.15) is 29.0 Å². The minimum Gasteiger partial charge on any atom is -0.495 e. The van der Waals surface area contributed by atoms with Gasteiger partial charge < -0.3 is 15.8 Å². The number of nitrogens with two attached hydrogens (primary N) is 1. The van der Waals surface area contributed by atoms with Crippen LogP contribution in [0.25, 0.3) is 0 Å². The molecule has 0 aliphatic rings. The number of benzene rings is 1. The first-order chi connectivity index (χ1) is 9.65. The van der Waals surface area contributed by atoms with Gasteiger partial charge in [-0.3, -0.25) is 4.79 Å². The number of methoxy groups -OCH3 is 1. The average molecular weight is 269 g/mol. The fourth-order valence-electron chi connectivity index (χ4n) is 1.56. The molecule has 1 heterocycles. The van der Waals surface area contributed by atoms with E-state index in [1.165, 1.54) is 19.5 Å². The lowest BCUT2D eigenvalue weighted by atomic mass is 10.1. The van der Waals surface area contributed by atoms with Crippen LogP contribution in [0, 0.1) is 11.3 Å². The van der Waals surface area contributed by atoms with Crippen molar-refractivity contribution in [2.24, 2.45) is 0 Å². The van der Waals surface area contributed by atoms with Crippen molar-refractivity contribution < 1.29 is 9.53 Å². The molecule has 100 valence electrons. The van der Waals surface area contributed by atoms with Crippen molar-refractivity contribution >= 4 is 17.4 Å². The Bertz CT molecular complexity index is 676. The molecule has 1 aromatic heterocycles.